The predicted molar refractivity (Wildman–Crippen MR) is 141 cm³/mol. The van der Waals surface area contributed by atoms with Crippen LogP contribution in [0.5, 0.6) is 0 Å². The second-order valence-corrected chi connectivity index (χ2v) is 9.73. The molecule has 0 heterocycles. The molecule has 0 saturated heterocycles. The second kappa shape index (κ2) is 16.8. The summed E-state index contributed by atoms with van der Waals surface area (Å²) in [5.74, 6) is -10.8. The van der Waals surface area contributed by atoms with E-state index < -0.39 is 103 Å². The molecule has 252 valence electrons. The Balaban J connectivity index is 0.00000246. The van der Waals surface area contributed by atoms with Crippen LogP contribution in [0, 0.1) is 10.1 Å². The van der Waals surface area contributed by atoms with Crippen LogP contribution in [0.15, 0.2) is 24.3 Å². The first kappa shape index (κ1) is 40.1. The highest BCUT2D eigenvalue weighted by atomic mass is 19.4. The molecule has 9 N–H and O–H groups in total. The average Bonchev–Trinajstić information content (AvgIpc) is 2.85. The minimum absolute atomic E-state index is 0.125. The van der Waals surface area contributed by atoms with E-state index >= 15 is 0 Å². The first-order valence-electron chi connectivity index (χ1n) is 12.4. The molecule has 2 unspecified atom stereocenters. The quantitative estimate of drug-likeness (QED) is 0.0766. The molecule has 0 saturated carbocycles. The van der Waals surface area contributed by atoms with Gasteiger partial charge in [-0.1, -0.05) is 12.1 Å². The molecule has 45 heavy (non-hydrogen) atoms. The van der Waals surface area contributed by atoms with Crippen LogP contribution in [-0.2, 0) is 35.2 Å². The van der Waals surface area contributed by atoms with Crippen molar-refractivity contribution in [3.05, 3.63) is 39.9 Å². The molecule has 0 amide bonds. The number of nitro benzene ring substituents is 1. The summed E-state index contributed by atoms with van der Waals surface area (Å²) in [6.07, 6.45) is -8.91. The molecule has 0 fully saturated rings. The van der Waals surface area contributed by atoms with E-state index in [1.807, 2.05) is 0 Å². The molecular formula is C24H31F3N4O14. The summed E-state index contributed by atoms with van der Waals surface area (Å²) in [4.78, 5) is 79.9. The van der Waals surface area contributed by atoms with E-state index in [0.717, 1.165) is 12.1 Å². The Morgan fingerprint density at radius 1 is 0.844 bits per heavy atom. The van der Waals surface area contributed by atoms with Gasteiger partial charge in [-0.3, -0.25) is 39.0 Å². The van der Waals surface area contributed by atoms with Gasteiger partial charge in [-0.25, -0.2) is 4.79 Å². The van der Waals surface area contributed by atoms with Crippen molar-refractivity contribution in [3.8, 4) is 0 Å². The van der Waals surface area contributed by atoms with E-state index in [0.29, 0.717) is 4.90 Å². The first-order valence-corrected chi connectivity index (χ1v) is 12.4. The zero-order chi connectivity index (χ0) is 35.3. The number of non-ortho nitro benzene ring substituents is 1. The fourth-order valence-electron chi connectivity index (χ4n) is 4.49. The Morgan fingerprint density at radius 3 is 1.53 bits per heavy atom. The summed E-state index contributed by atoms with van der Waals surface area (Å²) in [6, 6.07) is 3.81. The number of carboxylic acid groups (broad SMARTS) is 6. The minimum Gasteiger partial charge on any atom is -0.481 e. The molecule has 0 bridgehead atoms. The zero-order valence-corrected chi connectivity index (χ0v) is 23.4. The van der Waals surface area contributed by atoms with Gasteiger partial charge >= 0.3 is 42.0 Å². The van der Waals surface area contributed by atoms with E-state index in [1.165, 1.54) is 19.1 Å². The molecule has 0 aliphatic carbocycles. The maximum absolute atomic E-state index is 12.2. The average molecular weight is 657 g/mol. The van der Waals surface area contributed by atoms with Crippen LogP contribution in [-0.4, -0.2) is 119 Å². The highest BCUT2D eigenvalue weighted by Crippen LogP contribution is 2.41. The van der Waals surface area contributed by atoms with Crippen LogP contribution in [0.3, 0.4) is 0 Å². The van der Waals surface area contributed by atoms with E-state index in [-0.39, 0.29) is 17.8 Å². The minimum atomic E-state index is -5.08. The Hall–Kier alpha value is -4.89. The third-order valence-corrected chi connectivity index (χ3v) is 6.15. The van der Waals surface area contributed by atoms with Crippen molar-refractivity contribution in [2.45, 2.75) is 55.9 Å². The molecule has 1 aromatic rings. The largest absolute Gasteiger partial charge is 0.490 e. The smallest absolute Gasteiger partial charge is 0.481 e. The number of nitro groups is 1. The van der Waals surface area contributed by atoms with Crippen LogP contribution in [0.25, 0.3) is 0 Å². The predicted octanol–water partition coefficient (Wildman–Crippen LogP) is 0.0803. The fourth-order valence-corrected chi connectivity index (χ4v) is 4.49. The summed E-state index contributed by atoms with van der Waals surface area (Å²) in [5.41, 5.74) is 0.972. The Kier molecular flexibility index (Phi) is 15.0. The number of carbonyl (C=O) groups is 6. The third-order valence-electron chi connectivity index (χ3n) is 6.15. The van der Waals surface area contributed by atoms with Crippen molar-refractivity contribution in [2.24, 2.45) is 5.73 Å². The lowest BCUT2D eigenvalue weighted by Crippen LogP contribution is -2.74. The van der Waals surface area contributed by atoms with E-state index in [2.05, 4.69) is 5.32 Å². The van der Waals surface area contributed by atoms with Gasteiger partial charge in [0.2, 0.25) is 0 Å². The summed E-state index contributed by atoms with van der Waals surface area (Å²) in [6.45, 7) is -0.974. The highest BCUT2D eigenvalue weighted by molar-refractivity contribution is 5.78. The summed E-state index contributed by atoms with van der Waals surface area (Å²) in [5, 5.41) is 69.6. The number of halogens is 3. The Labute approximate surface area is 251 Å². The molecule has 1 aromatic carbocycles. The van der Waals surface area contributed by atoms with Gasteiger partial charge in [0.1, 0.15) is 0 Å². The lowest BCUT2D eigenvalue weighted by molar-refractivity contribution is -0.384. The standard InChI is InChI=1S/C22H30N4O12.C2HF3O2/c1-13(23)10-24-21(7-16(27)28,8-17(29)30)22(9-18(31)32,25(11-19(33)34)12-20(35)36)6-14-2-4-15(5-3-14)26(37)38;3-2(4,5)1(6)7/h2-5,13,24H,6-12,23H2,1H3,(H,27,28)(H,29,30)(H,31,32)(H,33,34)(H,35,36);(H,6,7). The molecule has 2 atom stereocenters. The van der Waals surface area contributed by atoms with Crippen LogP contribution in [0.2, 0.25) is 0 Å². The Bertz CT molecular complexity index is 1220. The van der Waals surface area contributed by atoms with Gasteiger partial charge in [0.05, 0.1) is 48.4 Å². The zero-order valence-electron chi connectivity index (χ0n) is 23.4. The molecule has 1 rings (SSSR count). The number of benzene rings is 1. The normalized spacial score (nSPS) is 13.5. The first-order chi connectivity index (χ1) is 20.5. The number of nitrogens with one attached hydrogen (secondary N) is 1. The van der Waals surface area contributed by atoms with Crippen molar-refractivity contribution < 1.29 is 77.5 Å². The van der Waals surface area contributed by atoms with Crippen molar-refractivity contribution >= 4 is 41.5 Å². The topological polar surface area (TPSA) is 308 Å². The number of hydrogen-bond donors (Lipinski definition) is 8. The van der Waals surface area contributed by atoms with Gasteiger partial charge in [-0.15, -0.1) is 0 Å². The number of alkyl halides is 3. The molecule has 0 radical (unpaired) electrons. The van der Waals surface area contributed by atoms with Gasteiger partial charge < -0.3 is 41.7 Å². The third kappa shape index (κ3) is 13.1. The van der Waals surface area contributed by atoms with Crippen molar-refractivity contribution in [2.75, 3.05) is 19.6 Å². The second-order valence-electron chi connectivity index (χ2n) is 9.73. The lowest BCUT2D eigenvalue weighted by atomic mass is 9.65. The molecule has 18 nitrogen and oxygen atoms in total. The van der Waals surface area contributed by atoms with Gasteiger partial charge in [-0.2, -0.15) is 13.2 Å². The maximum atomic E-state index is 12.2. The monoisotopic (exact) mass is 656 g/mol. The SMILES string of the molecule is CC(N)CNC(CC(=O)O)(CC(=O)O)C(CC(=O)O)(Cc1ccc([N+](=O)[O-])cc1)N(CC(=O)O)CC(=O)O.O=C(O)C(F)(F)F. The maximum Gasteiger partial charge on any atom is 0.490 e. The highest BCUT2D eigenvalue weighted by Gasteiger charge is 2.58. The van der Waals surface area contributed by atoms with Gasteiger partial charge in [0, 0.05) is 24.7 Å². The van der Waals surface area contributed by atoms with Crippen LogP contribution in [0.4, 0.5) is 18.9 Å². The number of carboxylic acids is 6. The molecular weight excluding hydrogens is 625 g/mol. The molecule has 0 aliphatic heterocycles. The van der Waals surface area contributed by atoms with Gasteiger partial charge in [0.25, 0.3) is 5.69 Å². The van der Waals surface area contributed by atoms with Gasteiger partial charge in [-0.05, 0) is 18.9 Å². The summed E-state index contributed by atoms with van der Waals surface area (Å²) >= 11 is 0. The van der Waals surface area contributed by atoms with Crippen LogP contribution in [0.1, 0.15) is 31.7 Å². The van der Waals surface area contributed by atoms with Gasteiger partial charge in [0.15, 0.2) is 0 Å². The summed E-state index contributed by atoms with van der Waals surface area (Å²) in [7, 11) is 0. The van der Waals surface area contributed by atoms with Crippen LogP contribution >= 0.6 is 0 Å². The number of rotatable bonds is 18. The molecule has 0 aromatic heterocycles. The number of aliphatic carboxylic acids is 6. The van der Waals surface area contributed by atoms with E-state index in [9.17, 15) is 72.8 Å². The van der Waals surface area contributed by atoms with E-state index in [4.69, 9.17) is 15.6 Å². The number of hydrogen-bond acceptors (Lipinski definition) is 11. The van der Waals surface area contributed by atoms with E-state index in [1.54, 1.807) is 0 Å². The number of nitrogens with zero attached hydrogens (tertiary/aromatic N) is 2. The lowest BCUT2D eigenvalue weighted by Gasteiger charge is -2.55. The van der Waals surface area contributed by atoms with Crippen LogP contribution < -0.4 is 11.1 Å². The molecule has 21 heteroatoms. The van der Waals surface area contributed by atoms with Crippen molar-refractivity contribution in [3.63, 3.8) is 0 Å². The molecule has 0 spiro atoms. The summed E-state index contributed by atoms with van der Waals surface area (Å²) < 4.78 is 31.7. The fraction of sp³-hybridized carbons (Fsp3) is 0.500. The Morgan fingerprint density at radius 2 is 1.24 bits per heavy atom. The van der Waals surface area contributed by atoms with Crippen molar-refractivity contribution in [1.29, 1.82) is 0 Å². The molecule has 0 aliphatic rings. The number of nitrogens with two attached hydrogens (primary N) is 1. The van der Waals surface area contributed by atoms with Crippen molar-refractivity contribution in [1.82, 2.24) is 10.2 Å².